The molecule has 7 heteroatoms. The zero-order valence-electron chi connectivity index (χ0n) is 17.7. The Morgan fingerprint density at radius 1 is 1.10 bits per heavy atom. The topological polar surface area (TPSA) is 86.7 Å². The number of nitrogens with zero attached hydrogens (tertiary/aromatic N) is 1. The largest absolute Gasteiger partial charge is 0.478 e. The molecule has 0 unspecified atom stereocenters. The Hall–Kier alpha value is -2.54. The average molecular weight is 419 g/mol. The molecule has 0 heterocycles. The Balaban J connectivity index is 2.30. The molecule has 0 radical (unpaired) electrons. The van der Waals surface area contributed by atoms with Crippen molar-refractivity contribution in [3.63, 3.8) is 0 Å². The van der Waals surface area contributed by atoms with Gasteiger partial charge in [-0.05, 0) is 47.7 Å². The van der Waals surface area contributed by atoms with Crippen molar-refractivity contribution in [2.24, 2.45) is 0 Å². The molecule has 2 aromatic carbocycles. The lowest BCUT2D eigenvalue weighted by molar-refractivity contribution is 0.0697. The van der Waals surface area contributed by atoms with E-state index in [1.54, 1.807) is 36.4 Å². The Morgan fingerprint density at radius 2 is 1.72 bits per heavy atom. The second kappa shape index (κ2) is 8.86. The van der Waals surface area contributed by atoms with Crippen LogP contribution < -0.4 is 9.62 Å². The zero-order valence-corrected chi connectivity index (χ0v) is 18.5. The van der Waals surface area contributed by atoms with Crippen molar-refractivity contribution in [1.82, 2.24) is 0 Å². The van der Waals surface area contributed by atoms with Crippen molar-refractivity contribution in [2.45, 2.75) is 50.8 Å². The number of carbonyl (C=O) groups is 1. The molecular formula is C22H30N2O4S. The highest BCUT2D eigenvalue weighted by molar-refractivity contribution is 7.92. The fourth-order valence-electron chi connectivity index (χ4n) is 2.97. The van der Waals surface area contributed by atoms with Crippen LogP contribution in [0.2, 0.25) is 0 Å². The number of anilines is 2. The molecule has 0 aliphatic rings. The van der Waals surface area contributed by atoms with Crippen LogP contribution in [0.15, 0.2) is 47.4 Å². The molecular weight excluding hydrogens is 388 g/mol. The van der Waals surface area contributed by atoms with Crippen molar-refractivity contribution in [2.75, 3.05) is 23.2 Å². The normalized spacial score (nSPS) is 11.9. The number of hydrogen-bond acceptors (Lipinski definition) is 4. The quantitative estimate of drug-likeness (QED) is 0.648. The smallest absolute Gasteiger partial charge is 0.337 e. The lowest BCUT2D eigenvalue weighted by Crippen LogP contribution is -2.21. The highest BCUT2D eigenvalue weighted by Crippen LogP contribution is 2.27. The SMILES string of the molecule is CCCCN(C)c1ccc(NS(=O)(=O)c2ccc(C(C)(C)C)cc2)cc1C(=O)O. The van der Waals surface area contributed by atoms with Crippen LogP contribution in [0.4, 0.5) is 11.4 Å². The molecule has 0 amide bonds. The van der Waals surface area contributed by atoms with Gasteiger partial charge in [-0.15, -0.1) is 0 Å². The molecule has 29 heavy (non-hydrogen) atoms. The summed E-state index contributed by atoms with van der Waals surface area (Å²) < 4.78 is 28.0. The van der Waals surface area contributed by atoms with Gasteiger partial charge in [0.15, 0.2) is 0 Å². The maximum Gasteiger partial charge on any atom is 0.337 e. The number of carboxylic acids is 1. The van der Waals surface area contributed by atoms with Crippen molar-refractivity contribution in [3.8, 4) is 0 Å². The van der Waals surface area contributed by atoms with Crippen molar-refractivity contribution in [1.29, 1.82) is 0 Å². The van der Waals surface area contributed by atoms with E-state index in [-0.39, 0.29) is 21.6 Å². The summed E-state index contributed by atoms with van der Waals surface area (Å²) in [6.07, 6.45) is 1.94. The second-order valence-corrected chi connectivity index (χ2v) is 9.87. The van der Waals surface area contributed by atoms with Gasteiger partial charge in [0.25, 0.3) is 10.0 Å². The first-order valence-electron chi connectivity index (χ1n) is 9.67. The first-order valence-corrected chi connectivity index (χ1v) is 11.2. The number of nitrogens with one attached hydrogen (secondary N) is 1. The van der Waals surface area contributed by atoms with Gasteiger partial charge in [0.2, 0.25) is 0 Å². The molecule has 0 fully saturated rings. The molecule has 0 saturated heterocycles. The van der Waals surface area contributed by atoms with E-state index in [0.717, 1.165) is 24.9 Å². The fraction of sp³-hybridized carbons (Fsp3) is 0.409. The Bertz CT molecular complexity index is 961. The van der Waals surface area contributed by atoms with Gasteiger partial charge in [0.1, 0.15) is 0 Å². The summed E-state index contributed by atoms with van der Waals surface area (Å²) >= 11 is 0. The minimum atomic E-state index is -3.82. The third-order valence-corrected chi connectivity index (χ3v) is 6.17. The number of carboxylic acid groups (broad SMARTS) is 1. The average Bonchev–Trinajstić information content (AvgIpc) is 2.65. The van der Waals surface area contributed by atoms with E-state index < -0.39 is 16.0 Å². The van der Waals surface area contributed by atoms with Crippen LogP contribution in [0.1, 0.15) is 56.5 Å². The maximum atomic E-state index is 12.7. The molecule has 0 spiro atoms. The third-order valence-electron chi connectivity index (χ3n) is 4.77. The number of unbranched alkanes of at least 4 members (excludes halogenated alkanes) is 1. The highest BCUT2D eigenvalue weighted by atomic mass is 32.2. The molecule has 0 aliphatic carbocycles. The second-order valence-electron chi connectivity index (χ2n) is 8.19. The van der Waals surface area contributed by atoms with Crippen molar-refractivity contribution >= 4 is 27.4 Å². The Kier molecular flexibility index (Phi) is 6.95. The maximum absolute atomic E-state index is 12.7. The molecule has 2 rings (SSSR count). The first-order chi connectivity index (χ1) is 13.5. The van der Waals surface area contributed by atoms with Gasteiger partial charge < -0.3 is 10.0 Å². The van der Waals surface area contributed by atoms with Crippen LogP contribution in [-0.4, -0.2) is 33.1 Å². The minimum absolute atomic E-state index is 0.0619. The molecule has 0 saturated carbocycles. The van der Waals surface area contributed by atoms with Gasteiger partial charge in [0.05, 0.1) is 16.1 Å². The third kappa shape index (κ3) is 5.73. The van der Waals surface area contributed by atoms with Gasteiger partial charge in [0, 0.05) is 19.3 Å². The van der Waals surface area contributed by atoms with Gasteiger partial charge in [-0.3, -0.25) is 4.72 Å². The van der Waals surface area contributed by atoms with Crippen LogP contribution in [0, 0.1) is 0 Å². The summed E-state index contributed by atoms with van der Waals surface area (Å²) in [4.78, 5) is 13.7. The van der Waals surface area contributed by atoms with E-state index in [1.165, 1.54) is 6.07 Å². The number of rotatable bonds is 8. The minimum Gasteiger partial charge on any atom is -0.478 e. The van der Waals surface area contributed by atoms with E-state index >= 15 is 0 Å². The van der Waals surface area contributed by atoms with E-state index in [2.05, 4.69) is 32.4 Å². The molecule has 2 N–H and O–H groups in total. The van der Waals surface area contributed by atoms with Crippen LogP contribution in [0.25, 0.3) is 0 Å². The van der Waals surface area contributed by atoms with Gasteiger partial charge in [-0.2, -0.15) is 0 Å². The molecule has 2 aromatic rings. The monoisotopic (exact) mass is 418 g/mol. The van der Waals surface area contributed by atoms with Gasteiger partial charge in [-0.25, -0.2) is 13.2 Å². The molecule has 0 aliphatic heterocycles. The molecule has 0 bridgehead atoms. The first kappa shape index (κ1) is 22.7. The van der Waals surface area contributed by atoms with Crippen LogP contribution in [0.5, 0.6) is 0 Å². The van der Waals surface area contributed by atoms with Crippen LogP contribution in [0.3, 0.4) is 0 Å². The molecule has 158 valence electrons. The summed E-state index contributed by atoms with van der Waals surface area (Å²) in [7, 11) is -1.99. The van der Waals surface area contributed by atoms with Gasteiger partial charge in [-0.1, -0.05) is 46.2 Å². The summed E-state index contributed by atoms with van der Waals surface area (Å²) in [5.41, 5.74) is 1.79. The fourth-order valence-corrected chi connectivity index (χ4v) is 4.02. The van der Waals surface area contributed by atoms with Crippen molar-refractivity contribution < 1.29 is 18.3 Å². The van der Waals surface area contributed by atoms with Crippen LogP contribution in [-0.2, 0) is 15.4 Å². The van der Waals surface area contributed by atoms with Gasteiger partial charge >= 0.3 is 5.97 Å². The Morgan fingerprint density at radius 3 is 2.24 bits per heavy atom. The number of benzene rings is 2. The highest BCUT2D eigenvalue weighted by Gasteiger charge is 2.20. The van der Waals surface area contributed by atoms with Crippen LogP contribution >= 0.6 is 0 Å². The summed E-state index contributed by atoms with van der Waals surface area (Å²) in [6.45, 7) is 8.96. The van der Waals surface area contributed by atoms with E-state index in [9.17, 15) is 18.3 Å². The standard InChI is InChI=1S/C22H30N2O4S/c1-6-7-14-24(5)20-13-10-17(15-19(20)21(25)26)23-29(27,28)18-11-8-16(9-12-18)22(2,3)4/h8-13,15,23H,6-7,14H2,1-5H3,(H,25,26). The molecule has 0 aromatic heterocycles. The number of sulfonamides is 1. The summed E-state index contributed by atoms with van der Waals surface area (Å²) in [5, 5.41) is 9.58. The molecule has 6 nitrogen and oxygen atoms in total. The number of aromatic carboxylic acids is 1. The lowest BCUT2D eigenvalue weighted by atomic mass is 9.87. The zero-order chi connectivity index (χ0) is 21.8. The summed E-state index contributed by atoms with van der Waals surface area (Å²) in [5.74, 6) is -1.10. The van der Waals surface area contributed by atoms with E-state index in [4.69, 9.17) is 0 Å². The number of hydrogen-bond donors (Lipinski definition) is 2. The van der Waals surface area contributed by atoms with E-state index in [0.29, 0.717) is 5.69 Å². The van der Waals surface area contributed by atoms with Crippen molar-refractivity contribution in [3.05, 3.63) is 53.6 Å². The predicted octanol–water partition coefficient (Wildman–Crippen LogP) is 4.72. The molecule has 0 atom stereocenters. The lowest BCUT2D eigenvalue weighted by Gasteiger charge is -2.22. The Labute approximate surface area is 173 Å². The van der Waals surface area contributed by atoms with E-state index in [1.807, 2.05) is 11.9 Å². The predicted molar refractivity (Wildman–Crippen MR) is 118 cm³/mol. The summed E-state index contributed by atoms with van der Waals surface area (Å²) in [6, 6.07) is 11.3.